The molecule has 2 N–H and O–H groups in total. The molecule has 1 aliphatic heterocycles. The number of carbonyl (C=O) groups excluding carboxylic acids is 1. The molecule has 0 atom stereocenters. The fourth-order valence-electron chi connectivity index (χ4n) is 2.91. The number of amides is 1. The highest BCUT2D eigenvalue weighted by atomic mass is 32.1. The average Bonchev–Trinajstić information content (AvgIpc) is 3.20. The summed E-state index contributed by atoms with van der Waals surface area (Å²) in [7, 11) is 0. The summed E-state index contributed by atoms with van der Waals surface area (Å²) < 4.78 is 0. The van der Waals surface area contributed by atoms with Gasteiger partial charge >= 0.3 is 0 Å². The molecular formula is C17H24N6OS. The Kier molecular flexibility index (Phi) is 5.47. The first kappa shape index (κ1) is 17.6. The number of carbonyl (C=O) groups is 1. The number of thiazole rings is 1. The molecular weight excluding hydrogens is 336 g/mol. The zero-order valence-corrected chi connectivity index (χ0v) is 15.7. The number of nitrogens with zero attached hydrogens (tertiary/aromatic N) is 4. The van der Waals surface area contributed by atoms with Crippen LogP contribution in [0.25, 0.3) is 0 Å². The number of aryl methyl sites for hydroxylation is 3. The average molecular weight is 360 g/mol. The molecule has 25 heavy (non-hydrogen) atoms. The zero-order chi connectivity index (χ0) is 17.8. The van der Waals surface area contributed by atoms with Gasteiger partial charge in [-0.3, -0.25) is 4.79 Å². The fraction of sp³-hybridized carbons (Fsp3) is 0.529. The molecule has 3 rings (SSSR count). The third-order valence-electron chi connectivity index (χ3n) is 4.07. The van der Waals surface area contributed by atoms with E-state index < -0.39 is 0 Å². The molecule has 3 heterocycles. The number of hydrogen-bond acceptors (Lipinski definition) is 7. The molecule has 2 aromatic rings. The van der Waals surface area contributed by atoms with Gasteiger partial charge in [0.15, 0.2) is 0 Å². The predicted molar refractivity (Wildman–Crippen MR) is 101 cm³/mol. The van der Waals surface area contributed by atoms with E-state index in [0.717, 1.165) is 35.3 Å². The van der Waals surface area contributed by atoms with Gasteiger partial charge in [-0.15, -0.1) is 11.3 Å². The van der Waals surface area contributed by atoms with Gasteiger partial charge < -0.3 is 15.5 Å². The van der Waals surface area contributed by atoms with Crippen LogP contribution in [0.15, 0.2) is 6.07 Å². The second-order valence-corrected chi connectivity index (χ2v) is 7.42. The largest absolute Gasteiger partial charge is 0.356 e. The Morgan fingerprint density at radius 1 is 1.16 bits per heavy atom. The fourth-order valence-corrected chi connectivity index (χ4v) is 3.75. The van der Waals surface area contributed by atoms with Crippen LogP contribution in [0.3, 0.4) is 0 Å². The van der Waals surface area contributed by atoms with Crippen molar-refractivity contribution in [1.29, 1.82) is 0 Å². The van der Waals surface area contributed by atoms with Crippen LogP contribution in [0.1, 0.15) is 38.9 Å². The van der Waals surface area contributed by atoms with E-state index in [1.165, 1.54) is 24.2 Å². The second kappa shape index (κ2) is 7.77. The maximum atomic E-state index is 12.2. The van der Waals surface area contributed by atoms with E-state index in [4.69, 9.17) is 0 Å². The first-order chi connectivity index (χ1) is 12.0. The molecule has 0 spiro atoms. The molecule has 0 aliphatic carbocycles. The minimum Gasteiger partial charge on any atom is -0.356 e. The minimum atomic E-state index is -0.0761. The van der Waals surface area contributed by atoms with Gasteiger partial charge in [-0.1, -0.05) is 0 Å². The summed E-state index contributed by atoms with van der Waals surface area (Å²) in [5, 5.41) is 7.02. The van der Waals surface area contributed by atoms with Gasteiger partial charge in [0.25, 0.3) is 5.91 Å². The number of rotatable bonds is 6. The third-order valence-corrected chi connectivity index (χ3v) is 5.15. The van der Waals surface area contributed by atoms with Crippen molar-refractivity contribution in [3.63, 3.8) is 0 Å². The Labute approximate surface area is 151 Å². The highest BCUT2D eigenvalue weighted by molar-refractivity contribution is 7.13. The molecule has 0 aromatic carbocycles. The van der Waals surface area contributed by atoms with E-state index in [1.54, 1.807) is 0 Å². The Bertz CT molecular complexity index is 754. The Balaban J connectivity index is 1.52. The molecule has 1 fully saturated rings. The summed E-state index contributed by atoms with van der Waals surface area (Å²) in [6.07, 6.45) is 2.43. The number of nitrogens with one attached hydrogen (secondary N) is 2. The van der Waals surface area contributed by atoms with Crippen LogP contribution in [-0.4, -0.2) is 47.0 Å². The van der Waals surface area contributed by atoms with Crippen LogP contribution in [-0.2, 0) is 0 Å². The predicted octanol–water partition coefficient (Wildman–Crippen LogP) is 2.30. The van der Waals surface area contributed by atoms with Crippen molar-refractivity contribution < 1.29 is 4.79 Å². The quantitative estimate of drug-likeness (QED) is 0.769. The van der Waals surface area contributed by atoms with Crippen LogP contribution in [0.5, 0.6) is 0 Å². The number of anilines is 2. The van der Waals surface area contributed by atoms with Crippen LogP contribution in [0, 0.1) is 20.8 Å². The highest BCUT2D eigenvalue weighted by Gasteiger charge is 2.15. The SMILES string of the molecule is Cc1cc(N2CCCC2)nc(NCCNC(=O)c2sc(C)nc2C)n1. The summed E-state index contributed by atoms with van der Waals surface area (Å²) in [4.78, 5) is 28.4. The summed E-state index contributed by atoms with van der Waals surface area (Å²) in [6.45, 7) is 8.93. The van der Waals surface area contributed by atoms with Crippen LogP contribution in [0.2, 0.25) is 0 Å². The van der Waals surface area contributed by atoms with Crippen LogP contribution in [0.4, 0.5) is 11.8 Å². The summed E-state index contributed by atoms with van der Waals surface area (Å²) in [6, 6.07) is 2.02. The lowest BCUT2D eigenvalue weighted by molar-refractivity contribution is 0.0958. The molecule has 0 saturated carbocycles. The van der Waals surface area contributed by atoms with E-state index in [-0.39, 0.29) is 5.91 Å². The van der Waals surface area contributed by atoms with E-state index in [1.807, 2.05) is 26.8 Å². The molecule has 0 unspecified atom stereocenters. The van der Waals surface area contributed by atoms with Crippen molar-refractivity contribution in [1.82, 2.24) is 20.3 Å². The lowest BCUT2D eigenvalue weighted by Gasteiger charge is -2.17. The Morgan fingerprint density at radius 2 is 1.92 bits per heavy atom. The highest BCUT2D eigenvalue weighted by Crippen LogP contribution is 2.20. The van der Waals surface area contributed by atoms with Gasteiger partial charge in [0.05, 0.1) is 10.7 Å². The van der Waals surface area contributed by atoms with E-state index in [2.05, 4.69) is 30.5 Å². The molecule has 1 amide bonds. The summed E-state index contributed by atoms with van der Waals surface area (Å²) in [5.74, 6) is 1.51. The smallest absolute Gasteiger partial charge is 0.263 e. The van der Waals surface area contributed by atoms with Crippen LogP contribution < -0.4 is 15.5 Å². The molecule has 134 valence electrons. The Morgan fingerprint density at radius 3 is 2.60 bits per heavy atom. The second-order valence-electron chi connectivity index (χ2n) is 6.22. The molecule has 1 saturated heterocycles. The van der Waals surface area contributed by atoms with Gasteiger partial charge in [0.1, 0.15) is 10.7 Å². The topological polar surface area (TPSA) is 83.0 Å². The van der Waals surface area contributed by atoms with E-state index in [0.29, 0.717) is 23.9 Å². The summed E-state index contributed by atoms with van der Waals surface area (Å²) >= 11 is 1.42. The lowest BCUT2D eigenvalue weighted by atomic mass is 10.3. The van der Waals surface area contributed by atoms with Gasteiger partial charge in [-0.2, -0.15) is 4.98 Å². The molecule has 7 nitrogen and oxygen atoms in total. The number of aromatic nitrogens is 3. The van der Waals surface area contributed by atoms with Crippen LogP contribution >= 0.6 is 11.3 Å². The molecule has 8 heteroatoms. The van der Waals surface area contributed by atoms with Gasteiger partial charge in [0, 0.05) is 37.9 Å². The van der Waals surface area contributed by atoms with Gasteiger partial charge in [-0.25, -0.2) is 9.97 Å². The van der Waals surface area contributed by atoms with Gasteiger partial charge in [0.2, 0.25) is 5.95 Å². The monoisotopic (exact) mass is 360 g/mol. The molecule has 0 radical (unpaired) electrons. The maximum absolute atomic E-state index is 12.2. The molecule has 2 aromatic heterocycles. The standard InChI is InChI=1S/C17H24N6OS/c1-11-10-14(23-8-4-5-9-23)22-17(20-11)19-7-6-18-16(24)15-12(2)21-13(3)25-15/h10H,4-9H2,1-3H3,(H,18,24)(H,19,20,22). The molecule has 0 bridgehead atoms. The number of hydrogen-bond donors (Lipinski definition) is 2. The van der Waals surface area contributed by atoms with Crippen molar-refractivity contribution >= 4 is 29.0 Å². The van der Waals surface area contributed by atoms with Crippen molar-refractivity contribution in [2.75, 3.05) is 36.4 Å². The normalized spacial score (nSPS) is 14.0. The van der Waals surface area contributed by atoms with Crippen molar-refractivity contribution in [3.05, 3.63) is 27.3 Å². The minimum absolute atomic E-state index is 0.0761. The maximum Gasteiger partial charge on any atom is 0.263 e. The molecule has 1 aliphatic rings. The van der Waals surface area contributed by atoms with Crippen molar-refractivity contribution in [3.8, 4) is 0 Å². The first-order valence-electron chi connectivity index (χ1n) is 8.59. The first-order valence-corrected chi connectivity index (χ1v) is 9.41. The van der Waals surface area contributed by atoms with E-state index in [9.17, 15) is 4.79 Å². The lowest BCUT2D eigenvalue weighted by Crippen LogP contribution is -2.29. The van der Waals surface area contributed by atoms with Crippen molar-refractivity contribution in [2.45, 2.75) is 33.6 Å². The summed E-state index contributed by atoms with van der Waals surface area (Å²) in [5.41, 5.74) is 1.73. The van der Waals surface area contributed by atoms with Gasteiger partial charge in [-0.05, 0) is 33.6 Å². The third kappa shape index (κ3) is 4.45. The van der Waals surface area contributed by atoms with Crippen molar-refractivity contribution in [2.24, 2.45) is 0 Å². The Hall–Kier alpha value is -2.22. The van der Waals surface area contributed by atoms with E-state index >= 15 is 0 Å². The zero-order valence-electron chi connectivity index (χ0n) is 14.9.